The Hall–Kier alpha value is -0.580. The van der Waals surface area contributed by atoms with E-state index in [4.69, 9.17) is 5.84 Å². The second kappa shape index (κ2) is 5.66. The van der Waals surface area contributed by atoms with Crippen LogP contribution in [0.25, 0.3) is 0 Å². The molecule has 1 aromatic carbocycles. The van der Waals surface area contributed by atoms with E-state index in [1.54, 1.807) is 11.8 Å². The smallest absolute Gasteiger partial charge is 0.123 e. The van der Waals surface area contributed by atoms with Crippen molar-refractivity contribution in [1.82, 2.24) is 5.43 Å². The summed E-state index contributed by atoms with van der Waals surface area (Å²) in [7, 11) is 0. The van der Waals surface area contributed by atoms with Crippen molar-refractivity contribution in [2.45, 2.75) is 30.2 Å². The first-order valence-corrected chi connectivity index (χ1v) is 6.62. The van der Waals surface area contributed by atoms with Gasteiger partial charge in [-0.2, -0.15) is 0 Å². The molecule has 0 aliphatic heterocycles. The van der Waals surface area contributed by atoms with E-state index >= 15 is 0 Å². The maximum Gasteiger partial charge on any atom is 0.123 e. The fraction of sp³-hybridized carbons (Fsp3) is 0.500. The molecule has 1 aromatic rings. The van der Waals surface area contributed by atoms with Crippen molar-refractivity contribution in [3.8, 4) is 0 Å². The van der Waals surface area contributed by atoms with Crippen molar-refractivity contribution >= 4 is 11.8 Å². The van der Waals surface area contributed by atoms with Crippen LogP contribution in [0.2, 0.25) is 0 Å². The van der Waals surface area contributed by atoms with Crippen molar-refractivity contribution in [3.05, 3.63) is 30.1 Å². The Morgan fingerprint density at radius 1 is 1.38 bits per heavy atom. The summed E-state index contributed by atoms with van der Waals surface area (Å²) in [6, 6.07) is 7.00. The number of hydrogen-bond donors (Lipinski definition) is 2. The van der Waals surface area contributed by atoms with Crippen LogP contribution in [0.3, 0.4) is 0 Å². The van der Waals surface area contributed by atoms with E-state index in [0.29, 0.717) is 6.04 Å². The highest BCUT2D eigenvalue weighted by molar-refractivity contribution is 7.99. The van der Waals surface area contributed by atoms with Crippen LogP contribution in [-0.4, -0.2) is 11.8 Å². The van der Waals surface area contributed by atoms with Crippen LogP contribution in [-0.2, 0) is 0 Å². The summed E-state index contributed by atoms with van der Waals surface area (Å²) in [4.78, 5) is 1.10. The quantitative estimate of drug-likeness (QED) is 0.472. The van der Waals surface area contributed by atoms with Gasteiger partial charge >= 0.3 is 0 Å². The van der Waals surface area contributed by atoms with Gasteiger partial charge in [0.15, 0.2) is 0 Å². The molecule has 1 fully saturated rings. The summed E-state index contributed by atoms with van der Waals surface area (Å²) in [5, 5.41) is 0. The highest BCUT2D eigenvalue weighted by atomic mass is 32.2. The molecule has 0 bridgehead atoms. The molecule has 0 amide bonds. The summed E-state index contributed by atoms with van der Waals surface area (Å²) >= 11 is 1.73. The number of nitrogens with one attached hydrogen (secondary N) is 1. The highest BCUT2D eigenvalue weighted by Gasteiger charge is 2.26. The van der Waals surface area contributed by atoms with Gasteiger partial charge < -0.3 is 0 Å². The number of thioether (sulfide) groups is 1. The first kappa shape index (κ1) is 11.9. The largest absolute Gasteiger partial charge is 0.271 e. The van der Waals surface area contributed by atoms with Crippen molar-refractivity contribution in [2.24, 2.45) is 11.8 Å². The first-order valence-electron chi connectivity index (χ1n) is 5.64. The third-order valence-corrected chi connectivity index (χ3v) is 4.31. The standard InChI is InChI=1S/C12H17FN2S/c13-10-4-6-11(7-5-10)16-8-12(15-14)9-2-1-3-9/h4-7,9,12,15H,1-3,8,14H2. The molecule has 1 atom stereocenters. The van der Waals surface area contributed by atoms with Crippen molar-refractivity contribution in [1.29, 1.82) is 0 Å². The Morgan fingerprint density at radius 2 is 2.06 bits per heavy atom. The normalized spacial score (nSPS) is 18.1. The van der Waals surface area contributed by atoms with Gasteiger partial charge in [0, 0.05) is 16.7 Å². The summed E-state index contributed by atoms with van der Waals surface area (Å²) in [5.74, 6) is 7.04. The number of nitrogens with two attached hydrogens (primary N) is 1. The summed E-state index contributed by atoms with van der Waals surface area (Å²) in [5.41, 5.74) is 2.89. The fourth-order valence-electron chi connectivity index (χ4n) is 1.88. The van der Waals surface area contributed by atoms with E-state index in [1.807, 2.05) is 12.1 Å². The molecule has 88 valence electrons. The zero-order valence-electron chi connectivity index (χ0n) is 9.16. The zero-order valence-corrected chi connectivity index (χ0v) is 9.97. The maximum absolute atomic E-state index is 12.7. The lowest BCUT2D eigenvalue weighted by atomic mass is 9.80. The molecule has 0 saturated heterocycles. The Kier molecular flexibility index (Phi) is 4.21. The van der Waals surface area contributed by atoms with E-state index in [9.17, 15) is 4.39 Å². The van der Waals surface area contributed by atoms with Gasteiger partial charge in [0.05, 0.1) is 0 Å². The number of rotatable bonds is 5. The first-order chi connectivity index (χ1) is 7.79. The van der Waals surface area contributed by atoms with Crippen LogP contribution < -0.4 is 11.3 Å². The molecule has 16 heavy (non-hydrogen) atoms. The van der Waals surface area contributed by atoms with E-state index in [2.05, 4.69) is 5.43 Å². The second-order valence-electron chi connectivity index (χ2n) is 4.23. The average molecular weight is 240 g/mol. The van der Waals surface area contributed by atoms with E-state index in [1.165, 1.54) is 31.4 Å². The lowest BCUT2D eigenvalue weighted by Gasteiger charge is -2.33. The van der Waals surface area contributed by atoms with Crippen LogP contribution in [0.15, 0.2) is 29.2 Å². The van der Waals surface area contributed by atoms with Gasteiger partial charge in [-0.3, -0.25) is 11.3 Å². The van der Waals surface area contributed by atoms with E-state index in [-0.39, 0.29) is 5.82 Å². The summed E-state index contributed by atoms with van der Waals surface area (Å²) < 4.78 is 12.7. The number of hydrogen-bond acceptors (Lipinski definition) is 3. The predicted molar refractivity (Wildman–Crippen MR) is 65.6 cm³/mol. The highest BCUT2D eigenvalue weighted by Crippen LogP contribution is 2.32. The molecule has 3 N–H and O–H groups in total. The molecule has 2 rings (SSSR count). The minimum Gasteiger partial charge on any atom is -0.271 e. The molecule has 0 radical (unpaired) electrons. The molecule has 1 saturated carbocycles. The minimum atomic E-state index is -0.183. The zero-order chi connectivity index (χ0) is 11.4. The number of halogens is 1. The third kappa shape index (κ3) is 2.97. The maximum atomic E-state index is 12.7. The van der Waals surface area contributed by atoms with Gasteiger partial charge in [-0.25, -0.2) is 4.39 Å². The van der Waals surface area contributed by atoms with Gasteiger partial charge in [0.2, 0.25) is 0 Å². The summed E-state index contributed by atoms with van der Waals surface area (Å²) in [6.07, 6.45) is 3.88. The van der Waals surface area contributed by atoms with Crippen LogP contribution in [0, 0.1) is 11.7 Å². The van der Waals surface area contributed by atoms with Gasteiger partial charge in [-0.05, 0) is 43.0 Å². The van der Waals surface area contributed by atoms with Crippen LogP contribution in [0.4, 0.5) is 4.39 Å². The predicted octanol–water partition coefficient (Wildman–Crippen LogP) is 2.55. The SMILES string of the molecule is NNC(CSc1ccc(F)cc1)C1CCC1. The van der Waals surface area contributed by atoms with Gasteiger partial charge in [0.1, 0.15) is 5.82 Å². The van der Waals surface area contributed by atoms with Crippen molar-refractivity contribution < 1.29 is 4.39 Å². The molecular formula is C12H17FN2S. The molecule has 1 aliphatic carbocycles. The number of benzene rings is 1. The fourth-order valence-corrected chi connectivity index (χ4v) is 2.95. The van der Waals surface area contributed by atoms with Crippen LogP contribution in [0.1, 0.15) is 19.3 Å². The van der Waals surface area contributed by atoms with Crippen molar-refractivity contribution in [2.75, 3.05) is 5.75 Å². The Labute approximate surface area is 99.8 Å². The molecular weight excluding hydrogens is 223 g/mol. The van der Waals surface area contributed by atoms with E-state index < -0.39 is 0 Å². The Bertz CT molecular complexity index is 324. The average Bonchev–Trinajstić information content (AvgIpc) is 2.23. The Morgan fingerprint density at radius 3 is 2.56 bits per heavy atom. The number of hydrazine groups is 1. The topological polar surface area (TPSA) is 38.0 Å². The van der Waals surface area contributed by atoms with Gasteiger partial charge in [-0.15, -0.1) is 11.8 Å². The van der Waals surface area contributed by atoms with Crippen LogP contribution in [0.5, 0.6) is 0 Å². The molecule has 0 spiro atoms. The van der Waals surface area contributed by atoms with Crippen LogP contribution >= 0.6 is 11.8 Å². The molecule has 2 nitrogen and oxygen atoms in total. The third-order valence-electron chi connectivity index (χ3n) is 3.18. The minimum absolute atomic E-state index is 0.183. The summed E-state index contributed by atoms with van der Waals surface area (Å²) in [6.45, 7) is 0. The van der Waals surface area contributed by atoms with Crippen molar-refractivity contribution in [3.63, 3.8) is 0 Å². The molecule has 0 heterocycles. The van der Waals surface area contributed by atoms with Gasteiger partial charge in [-0.1, -0.05) is 6.42 Å². The lowest BCUT2D eigenvalue weighted by molar-refractivity contribution is 0.246. The second-order valence-corrected chi connectivity index (χ2v) is 5.32. The van der Waals surface area contributed by atoms with Gasteiger partial charge in [0.25, 0.3) is 0 Å². The molecule has 4 heteroatoms. The lowest BCUT2D eigenvalue weighted by Crippen LogP contribution is -2.45. The Balaban J connectivity index is 1.83. The monoisotopic (exact) mass is 240 g/mol. The molecule has 0 aromatic heterocycles. The molecule has 1 unspecified atom stereocenters. The van der Waals surface area contributed by atoms with E-state index in [0.717, 1.165) is 16.6 Å². The molecule has 1 aliphatic rings.